The van der Waals surface area contributed by atoms with Crippen molar-refractivity contribution in [2.24, 2.45) is 11.8 Å². The van der Waals surface area contributed by atoms with Crippen LogP contribution in [0.4, 0.5) is 0 Å². The molecule has 0 radical (unpaired) electrons. The Morgan fingerprint density at radius 2 is 2.33 bits per heavy atom. The normalized spacial score (nSPS) is 24.8. The molecule has 1 fully saturated rings. The molecule has 1 aliphatic rings. The highest BCUT2D eigenvalue weighted by molar-refractivity contribution is 4.99. The van der Waals surface area contributed by atoms with Crippen LogP contribution < -0.4 is 5.32 Å². The van der Waals surface area contributed by atoms with Gasteiger partial charge in [-0.3, -0.25) is 0 Å². The van der Waals surface area contributed by atoms with Gasteiger partial charge in [0.15, 0.2) is 0 Å². The highest BCUT2D eigenvalue weighted by atomic mass is 15.1. The summed E-state index contributed by atoms with van der Waals surface area (Å²) < 4.78 is 2.23. The van der Waals surface area contributed by atoms with Crippen molar-refractivity contribution in [2.75, 3.05) is 6.54 Å². The molecule has 15 heavy (non-hydrogen) atoms. The van der Waals surface area contributed by atoms with Gasteiger partial charge in [-0.25, -0.2) is 4.98 Å². The van der Waals surface area contributed by atoms with Crippen molar-refractivity contribution >= 4 is 0 Å². The van der Waals surface area contributed by atoms with Gasteiger partial charge in [0, 0.05) is 18.8 Å². The predicted octanol–water partition coefficient (Wildman–Crippen LogP) is 2.21. The number of hydrogen-bond acceptors (Lipinski definition) is 2. The van der Waals surface area contributed by atoms with Gasteiger partial charge in [0.2, 0.25) is 0 Å². The minimum atomic E-state index is 0.504. The lowest BCUT2D eigenvalue weighted by atomic mass is 10.3. The van der Waals surface area contributed by atoms with Gasteiger partial charge < -0.3 is 9.88 Å². The fraction of sp³-hybridized carbons (Fsp3) is 0.750. The van der Waals surface area contributed by atoms with E-state index in [9.17, 15) is 0 Å². The molecule has 0 bridgehead atoms. The molecule has 2 rings (SSSR count). The molecule has 1 aromatic heterocycles. The highest BCUT2D eigenvalue weighted by Gasteiger charge is 2.31. The second-order valence-electron chi connectivity index (χ2n) is 4.99. The van der Waals surface area contributed by atoms with Crippen molar-refractivity contribution in [3.05, 3.63) is 18.2 Å². The van der Waals surface area contributed by atoms with E-state index in [1.165, 1.54) is 12.1 Å². The minimum absolute atomic E-state index is 0.504. The maximum absolute atomic E-state index is 4.19. The topological polar surface area (TPSA) is 29.9 Å². The zero-order valence-electron chi connectivity index (χ0n) is 9.90. The summed E-state index contributed by atoms with van der Waals surface area (Å²) in [6.45, 7) is 8.80. The van der Waals surface area contributed by atoms with E-state index in [-0.39, 0.29) is 0 Å². The van der Waals surface area contributed by atoms with Crippen LogP contribution >= 0.6 is 0 Å². The van der Waals surface area contributed by atoms with Crippen LogP contribution in [-0.4, -0.2) is 16.1 Å². The Morgan fingerprint density at radius 3 is 2.93 bits per heavy atom. The third-order valence-corrected chi connectivity index (χ3v) is 3.29. The lowest BCUT2D eigenvalue weighted by Crippen LogP contribution is -2.19. The van der Waals surface area contributed by atoms with Gasteiger partial charge in [-0.2, -0.15) is 0 Å². The van der Waals surface area contributed by atoms with E-state index < -0.39 is 0 Å². The summed E-state index contributed by atoms with van der Waals surface area (Å²) in [5.41, 5.74) is 1.29. The van der Waals surface area contributed by atoms with E-state index in [0.29, 0.717) is 6.04 Å². The Morgan fingerprint density at radius 1 is 1.60 bits per heavy atom. The molecule has 0 aromatic carbocycles. The molecule has 2 atom stereocenters. The lowest BCUT2D eigenvalue weighted by Gasteiger charge is -2.12. The van der Waals surface area contributed by atoms with Crippen molar-refractivity contribution in [1.82, 2.24) is 14.9 Å². The Hall–Kier alpha value is -0.830. The minimum Gasteiger partial charge on any atom is -0.331 e. The fourth-order valence-electron chi connectivity index (χ4n) is 2.00. The zero-order valence-corrected chi connectivity index (χ0v) is 9.90. The summed E-state index contributed by atoms with van der Waals surface area (Å²) in [5.74, 6) is 1.85. The van der Waals surface area contributed by atoms with Crippen LogP contribution in [0, 0.1) is 11.8 Å². The number of aromatic nitrogens is 2. The monoisotopic (exact) mass is 207 g/mol. The van der Waals surface area contributed by atoms with Crippen molar-refractivity contribution in [3.8, 4) is 0 Å². The van der Waals surface area contributed by atoms with Crippen LogP contribution in [0.2, 0.25) is 0 Å². The molecule has 3 nitrogen and oxygen atoms in total. The van der Waals surface area contributed by atoms with E-state index in [4.69, 9.17) is 0 Å². The summed E-state index contributed by atoms with van der Waals surface area (Å²) in [5, 5.41) is 3.51. The molecule has 1 aromatic rings. The molecule has 3 heteroatoms. The fourth-order valence-corrected chi connectivity index (χ4v) is 2.00. The molecule has 84 valence electrons. The highest BCUT2D eigenvalue weighted by Crippen LogP contribution is 2.36. The molecule has 1 aliphatic carbocycles. The molecular formula is C12H21N3. The number of imidazole rings is 1. The molecule has 1 saturated carbocycles. The van der Waals surface area contributed by atoms with Crippen LogP contribution in [0.1, 0.15) is 38.9 Å². The summed E-state index contributed by atoms with van der Waals surface area (Å²) >= 11 is 0. The maximum Gasteiger partial charge on any atom is 0.0951 e. The molecule has 0 spiro atoms. The molecule has 0 saturated heterocycles. The van der Waals surface area contributed by atoms with E-state index in [1.54, 1.807) is 0 Å². The molecule has 1 N–H and O–H groups in total. The van der Waals surface area contributed by atoms with Crippen LogP contribution in [0.15, 0.2) is 12.5 Å². The summed E-state index contributed by atoms with van der Waals surface area (Å²) in [4.78, 5) is 4.19. The maximum atomic E-state index is 4.19. The SMILES string of the molecule is CC1CC1CNCc1cncn1C(C)C. The van der Waals surface area contributed by atoms with E-state index in [0.717, 1.165) is 24.9 Å². The number of nitrogens with one attached hydrogen (secondary N) is 1. The van der Waals surface area contributed by atoms with E-state index in [2.05, 4.69) is 35.6 Å². The van der Waals surface area contributed by atoms with Crippen molar-refractivity contribution in [2.45, 2.75) is 39.8 Å². The van der Waals surface area contributed by atoms with Gasteiger partial charge in [-0.15, -0.1) is 0 Å². The standard InChI is InChI=1S/C12H21N3/c1-9(2)15-8-14-7-12(15)6-13-5-11-4-10(11)3/h7-11,13H,4-6H2,1-3H3. The van der Waals surface area contributed by atoms with Crippen molar-refractivity contribution < 1.29 is 0 Å². The van der Waals surface area contributed by atoms with Gasteiger partial charge in [-0.1, -0.05) is 6.92 Å². The third-order valence-electron chi connectivity index (χ3n) is 3.29. The second kappa shape index (κ2) is 4.35. The average molecular weight is 207 g/mol. The molecule has 1 heterocycles. The Labute approximate surface area is 91.9 Å². The number of hydrogen-bond donors (Lipinski definition) is 1. The first-order valence-corrected chi connectivity index (χ1v) is 5.90. The Kier molecular flexibility index (Phi) is 3.10. The second-order valence-corrected chi connectivity index (χ2v) is 4.99. The molecular weight excluding hydrogens is 186 g/mol. The van der Waals surface area contributed by atoms with Crippen LogP contribution in [-0.2, 0) is 6.54 Å². The van der Waals surface area contributed by atoms with Crippen LogP contribution in [0.25, 0.3) is 0 Å². The van der Waals surface area contributed by atoms with Gasteiger partial charge in [0.1, 0.15) is 0 Å². The van der Waals surface area contributed by atoms with Crippen molar-refractivity contribution in [1.29, 1.82) is 0 Å². The van der Waals surface area contributed by atoms with Gasteiger partial charge in [-0.05, 0) is 38.6 Å². The number of rotatable bonds is 5. The third kappa shape index (κ3) is 2.59. The van der Waals surface area contributed by atoms with Gasteiger partial charge >= 0.3 is 0 Å². The van der Waals surface area contributed by atoms with E-state index >= 15 is 0 Å². The number of nitrogens with zero attached hydrogens (tertiary/aromatic N) is 2. The first kappa shape index (κ1) is 10.7. The summed E-state index contributed by atoms with van der Waals surface area (Å²) in [7, 11) is 0. The molecule has 0 amide bonds. The first-order chi connectivity index (χ1) is 7.18. The predicted molar refractivity (Wildman–Crippen MR) is 61.6 cm³/mol. The average Bonchev–Trinajstić information content (AvgIpc) is 2.71. The van der Waals surface area contributed by atoms with Crippen molar-refractivity contribution in [3.63, 3.8) is 0 Å². The van der Waals surface area contributed by atoms with Gasteiger partial charge in [0.05, 0.1) is 12.0 Å². The van der Waals surface area contributed by atoms with Gasteiger partial charge in [0.25, 0.3) is 0 Å². The summed E-state index contributed by atoms with van der Waals surface area (Å²) in [6, 6.07) is 0.504. The Balaban J connectivity index is 1.79. The quantitative estimate of drug-likeness (QED) is 0.802. The Bertz CT molecular complexity index is 316. The smallest absolute Gasteiger partial charge is 0.0951 e. The van der Waals surface area contributed by atoms with Crippen LogP contribution in [0.3, 0.4) is 0 Å². The zero-order chi connectivity index (χ0) is 10.8. The van der Waals surface area contributed by atoms with Crippen LogP contribution in [0.5, 0.6) is 0 Å². The largest absolute Gasteiger partial charge is 0.331 e. The molecule has 2 unspecified atom stereocenters. The first-order valence-electron chi connectivity index (χ1n) is 5.90. The van der Waals surface area contributed by atoms with E-state index in [1.807, 2.05) is 12.5 Å². The summed E-state index contributed by atoms with van der Waals surface area (Å²) in [6.07, 6.45) is 5.28. The molecule has 0 aliphatic heterocycles. The lowest BCUT2D eigenvalue weighted by molar-refractivity contribution is 0.538.